The number of piperidine rings is 2. The summed E-state index contributed by atoms with van der Waals surface area (Å²) in [5.74, 6) is 1.77. The van der Waals surface area contributed by atoms with Gasteiger partial charge in [-0.3, -0.25) is 4.57 Å². The van der Waals surface area contributed by atoms with Crippen LogP contribution in [-0.4, -0.2) is 52.4 Å². The van der Waals surface area contributed by atoms with Crippen molar-refractivity contribution in [1.82, 2.24) is 19.7 Å². The van der Waals surface area contributed by atoms with Gasteiger partial charge >= 0.3 is 0 Å². The maximum Gasteiger partial charge on any atom is 0.225 e. The highest BCUT2D eigenvalue weighted by atomic mass is 32.1. The van der Waals surface area contributed by atoms with Gasteiger partial charge in [-0.2, -0.15) is 0 Å². The molecule has 1 aromatic rings. The van der Waals surface area contributed by atoms with Crippen LogP contribution in [0.1, 0.15) is 19.3 Å². The van der Waals surface area contributed by atoms with E-state index >= 15 is 0 Å². The molecule has 1 N–H and O–H groups in total. The van der Waals surface area contributed by atoms with E-state index in [2.05, 4.69) is 27.0 Å². The fourth-order valence-electron chi connectivity index (χ4n) is 3.46. The minimum atomic E-state index is 0.702. The summed E-state index contributed by atoms with van der Waals surface area (Å²) >= 11 is 5.19. The quantitative estimate of drug-likeness (QED) is 0.781. The first-order chi connectivity index (χ1) is 8.66. The lowest BCUT2D eigenvalue weighted by atomic mass is 9.84. The number of H-pyrrole nitrogens is 1. The molecule has 2 saturated heterocycles. The van der Waals surface area contributed by atoms with Crippen LogP contribution in [0.3, 0.4) is 0 Å². The Morgan fingerprint density at radius 1 is 1.28 bits per heavy atom. The zero-order valence-corrected chi connectivity index (χ0v) is 11.9. The lowest BCUT2D eigenvalue weighted by molar-refractivity contribution is 0.102. The van der Waals surface area contributed by atoms with E-state index in [-0.39, 0.29) is 0 Å². The maximum absolute atomic E-state index is 5.19. The first-order valence-corrected chi connectivity index (χ1v) is 7.14. The molecule has 2 aliphatic rings. The van der Waals surface area contributed by atoms with Crippen LogP contribution in [-0.2, 0) is 7.05 Å². The summed E-state index contributed by atoms with van der Waals surface area (Å²) in [4.78, 5) is 4.92. The summed E-state index contributed by atoms with van der Waals surface area (Å²) in [5.41, 5.74) is 0. The van der Waals surface area contributed by atoms with Crippen LogP contribution in [0.25, 0.3) is 0 Å². The number of fused-ring (bicyclic) bond motifs is 1. The first kappa shape index (κ1) is 12.2. The predicted molar refractivity (Wildman–Crippen MR) is 74.4 cm³/mol. The van der Waals surface area contributed by atoms with Crippen molar-refractivity contribution in [2.45, 2.75) is 25.3 Å². The zero-order chi connectivity index (χ0) is 12.7. The molecule has 0 bridgehead atoms. The third kappa shape index (κ3) is 1.97. The molecule has 6 heteroatoms. The summed E-state index contributed by atoms with van der Waals surface area (Å²) < 4.78 is 2.68. The lowest BCUT2D eigenvalue weighted by Gasteiger charge is -2.46. The van der Waals surface area contributed by atoms with Gasteiger partial charge in [-0.25, -0.2) is 5.10 Å². The van der Waals surface area contributed by atoms with E-state index in [4.69, 9.17) is 12.2 Å². The molecule has 2 atom stereocenters. The van der Waals surface area contributed by atoms with Crippen molar-refractivity contribution in [2.24, 2.45) is 13.0 Å². The zero-order valence-electron chi connectivity index (χ0n) is 11.1. The van der Waals surface area contributed by atoms with Gasteiger partial charge < -0.3 is 9.80 Å². The van der Waals surface area contributed by atoms with Crippen molar-refractivity contribution in [2.75, 3.05) is 31.6 Å². The van der Waals surface area contributed by atoms with E-state index in [1.807, 2.05) is 11.6 Å². The second-order valence-corrected chi connectivity index (χ2v) is 5.96. The third-order valence-corrected chi connectivity index (χ3v) is 4.85. The van der Waals surface area contributed by atoms with Gasteiger partial charge in [-0.1, -0.05) is 0 Å². The molecule has 2 aliphatic heterocycles. The van der Waals surface area contributed by atoms with Gasteiger partial charge in [0.25, 0.3) is 0 Å². The topological polar surface area (TPSA) is 40.1 Å². The molecule has 100 valence electrons. The number of aromatic amines is 1. The molecule has 0 aliphatic carbocycles. The van der Waals surface area contributed by atoms with E-state index in [1.165, 1.54) is 25.8 Å². The van der Waals surface area contributed by atoms with Gasteiger partial charge in [0, 0.05) is 26.2 Å². The minimum absolute atomic E-state index is 0.702. The van der Waals surface area contributed by atoms with Crippen LogP contribution in [0.2, 0.25) is 0 Å². The summed E-state index contributed by atoms with van der Waals surface area (Å²) in [6, 6.07) is 0.766. The van der Waals surface area contributed by atoms with Crippen molar-refractivity contribution in [1.29, 1.82) is 0 Å². The van der Waals surface area contributed by atoms with Crippen LogP contribution < -0.4 is 4.90 Å². The molecule has 18 heavy (non-hydrogen) atoms. The number of likely N-dealkylation sites (tertiary alicyclic amines) is 1. The number of hydrogen-bond acceptors (Lipinski definition) is 4. The molecule has 2 unspecified atom stereocenters. The first-order valence-electron chi connectivity index (χ1n) is 6.73. The molecular formula is C12H21N5S. The Bertz CT molecular complexity index is 479. The molecule has 3 rings (SSSR count). The second-order valence-electron chi connectivity index (χ2n) is 5.57. The fraction of sp³-hybridized carbons (Fsp3) is 0.833. The highest BCUT2D eigenvalue weighted by Crippen LogP contribution is 2.31. The highest BCUT2D eigenvalue weighted by Gasteiger charge is 2.35. The summed E-state index contributed by atoms with van der Waals surface area (Å²) in [7, 11) is 4.25. The molecule has 0 amide bonds. The van der Waals surface area contributed by atoms with E-state index in [9.17, 15) is 0 Å². The van der Waals surface area contributed by atoms with Gasteiger partial charge in [0.15, 0.2) is 4.77 Å². The monoisotopic (exact) mass is 267 g/mol. The van der Waals surface area contributed by atoms with Crippen LogP contribution in [0, 0.1) is 10.7 Å². The number of rotatable bonds is 1. The number of nitrogens with one attached hydrogen (secondary N) is 1. The van der Waals surface area contributed by atoms with Gasteiger partial charge in [0.2, 0.25) is 5.95 Å². The Morgan fingerprint density at radius 3 is 2.83 bits per heavy atom. The van der Waals surface area contributed by atoms with Crippen LogP contribution in [0.5, 0.6) is 0 Å². The van der Waals surface area contributed by atoms with Gasteiger partial charge in [0.05, 0.1) is 0 Å². The molecule has 0 spiro atoms. The largest absolute Gasteiger partial charge is 0.341 e. The van der Waals surface area contributed by atoms with Crippen molar-refractivity contribution >= 4 is 18.2 Å². The smallest absolute Gasteiger partial charge is 0.225 e. The van der Waals surface area contributed by atoms with E-state index in [1.54, 1.807) is 0 Å². The fourth-order valence-corrected chi connectivity index (χ4v) is 3.58. The Morgan fingerprint density at radius 2 is 2.11 bits per heavy atom. The number of aromatic nitrogens is 3. The Kier molecular flexibility index (Phi) is 3.15. The average molecular weight is 267 g/mol. The molecule has 2 fully saturated rings. The Hall–Kier alpha value is -0.880. The van der Waals surface area contributed by atoms with Crippen LogP contribution >= 0.6 is 12.2 Å². The molecule has 0 aromatic carbocycles. The summed E-state index contributed by atoms with van der Waals surface area (Å²) in [5, 5.41) is 7.23. The maximum atomic E-state index is 5.19. The van der Waals surface area contributed by atoms with E-state index < -0.39 is 0 Å². The van der Waals surface area contributed by atoms with Crippen LogP contribution in [0.4, 0.5) is 5.95 Å². The average Bonchev–Trinajstić information content (AvgIpc) is 2.70. The lowest BCUT2D eigenvalue weighted by Crippen LogP contribution is -2.53. The molecule has 0 radical (unpaired) electrons. The van der Waals surface area contributed by atoms with Crippen molar-refractivity contribution in [3.8, 4) is 0 Å². The summed E-state index contributed by atoms with van der Waals surface area (Å²) in [6.45, 7) is 3.45. The second kappa shape index (κ2) is 4.66. The predicted octanol–water partition coefficient (Wildman–Crippen LogP) is 1.40. The van der Waals surface area contributed by atoms with Gasteiger partial charge in [-0.05, 0) is 51.0 Å². The van der Waals surface area contributed by atoms with Gasteiger partial charge in [-0.15, -0.1) is 5.10 Å². The normalized spacial score (nSPS) is 29.3. The van der Waals surface area contributed by atoms with Crippen LogP contribution in [0.15, 0.2) is 0 Å². The molecule has 0 saturated carbocycles. The van der Waals surface area contributed by atoms with E-state index in [0.717, 1.165) is 31.0 Å². The number of anilines is 1. The van der Waals surface area contributed by atoms with Crippen molar-refractivity contribution in [3.05, 3.63) is 4.77 Å². The molecule has 1 aromatic heterocycles. The summed E-state index contributed by atoms with van der Waals surface area (Å²) in [6.07, 6.45) is 3.91. The van der Waals surface area contributed by atoms with Crippen molar-refractivity contribution < 1.29 is 0 Å². The highest BCUT2D eigenvalue weighted by molar-refractivity contribution is 7.71. The number of hydrogen-bond donors (Lipinski definition) is 1. The standard InChI is InChI=1S/C12H21N5S/c1-15-6-3-4-9-8-17(7-5-10(9)15)11-13-14-12(18)16(11)2/h9-10H,3-8H2,1-2H3,(H,14,18). The molecule has 3 heterocycles. The minimum Gasteiger partial charge on any atom is -0.341 e. The Labute approximate surface area is 113 Å². The molecule has 5 nitrogen and oxygen atoms in total. The third-order valence-electron chi connectivity index (χ3n) is 4.48. The van der Waals surface area contributed by atoms with Crippen molar-refractivity contribution in [3.63, 3.8) is 0 Å². The van der Waals surface area contributed by atoms with Gasteiger partial charge in [0.1, 0.15) is 0 Å². The van der Waals surface area contributed by atoms with E-state index in [0.29, 0.717) is 4.77 Å². The number of nitrogens with zero attached hydrogens (tertiary/aromatic N) is 4. The Balaban J connectivity index is 1.78. The molecular weight excluding hydrogens is 246 g/mol. The SMILES string of the molecule is CN1CCCC2CN(c3n[nH]c(=S)n3C)CCC21.